The van der Waals surface area contributed by atoms with E-state index in [1.54, 1.807) is 11.0 Å². The van der Waals surface area contributed by atoms with Crippen molar-refractivity contribution in [1.29, 1.82) is 5.26 Å². The van der Waals surface area contributed by atoms with E-state index in [1.807, 2.05) is 30.3 Å². The van der Waals surface area contributed by atoms with Crippen LogP contribution in [-0.2, 0) is 11.8 Å². The van der Waals surface area contributed by atoms with Gasteiger partial charge in [0, 0.05) is 47.1 Å². The smallest absolute Gasteiger partial charge is 0.317 e. The van der Waals surface area contributed by atoms with Gasteiger partial charge in [-0.25, -0.2) is 4.79 Å². The van der Waals surface area contributed by atoms with Crippen LogP contribution in [0, 0.1) is 11.3 Å². The number of amides is 2. The van der Waals surface area contributed by atoms with Crippen molar-refractivity contribution in [1.82, 2.24) is 15.2 Å². The lowest BCUT2D eigenvalue weighted by Gasteiger charge is -2.26. The first-order chi connectivity index (χ1) is 15.4. The molecule has 32 heavy (non-hydrogen) atoms. The molecule has 0 radical (unpaired) electrons. The van der Waals surface area contributed by atoms with Crippen LogP contribution in [0.3, 0.4) is 0 Å². The van der Waals surface area contributed by atoms with E-state index in [4.69, 9.17) is 4.74 Å². The van der Waals surface area contributed by atoms with E-state index in [1.165, 1.54) is 0 Å². The number of carbonyl (C=O) groups is 2. The molecule has 7 heteroatoms. The number of nitrogens with one attached hydrogen (secondary N) is 2. The number of Topliss-reactive ketones (excluding diaryl/α,β-unsaturated/α-hetero) is 1. The molecule has 2 N–H and O–H groups in total. The van der Waals surface area contributed by atoms with E-state index in [0.29, 0.717) is 49.5 Å². The monoisotopic (exact) mass is 428 g/mol. The first kappa shape index (κ1) is 20.1. The zero-order valence-corrected chi connectivity index (χ0v) is 18.1. The minimum atomic E-state index is -0.461. The molecule has 0 atom stereocenters. The zero-order valence-electron chi connectivity index (χ0n) is 18.1. The van der Waals surface area contributed by atoms with Crippen LogP contribution in [0.2, 0.25) is 0 Å². The van der Waals surface area contributed by atoms with Crippen molar-refractivity contribution in [2.75, 3.05) is 26.2 Å². The maximum absolute atomic E-state index is 13.2. The van der Waals surface area contributed by atoms with Gasteiger partial charge in [0.2, 0.25) is 0 Å². The number of benzene rings is 2. The van der Waals surface area contributed by atoms with Gasteiger partial charge in [-0.3, -0.25) is 4.79 Å². The second kappa shape index (κ2) is 7.41. The molecule has 2 aromatic carbocycles. The summed E-state index contributed by atoms with van der Waals surface area (Å²) in [5.41, 5.74) is 4.57. The molecule has 1 aromatic heterocycles. The quantitative estimate of drug-likeness (QED) is 0.664. The normalized spacial score (nSPS) is 16.8. The van der Waals surface area contributed by atoms with E-state index >= 15 is 0 Å². The van der Waals surface area contributed by atoms with Crippen molar-refractivity contribution < 1.29 is 14.3 Å². The van der Waals surface area contributed by atoms with E-state index < -0.39 is 5.41 Å². The van der Waals surface area contributed by atoms with Gasteiger partial charge in [0.05, 0.1) is 18.2 Å². The number of ketones is 1. The van der Waals surface area contributed by atoms with Crippen LogP contribution in [0.15, 0.2) is 36.4 Å². The molecule has 0 bridgehead atoms. The molecular formula is C25H24N4O3. The third-order valence-corrected chi connectivity index (χ3v) is 6.54. The van der Waals surface area contributed by atoms with E-state index in [2.05, 4.69) is 30.2 Å². The molecule has 1 aliphatic carbocycles. The highest BCUT2D eigenvalue weighted by atomic mass is 16.5. The molecule has 2 heterocycles. The van der Waals surface area contributed by atoms with Gasteiger partial charge in [-0.1, -0.05) is 19.9 Å². The molecule has 5 rings (SSSR count). The van der Waals surface area contributed by atoms with Crippen molar-refractivity contribution in [2.45, 2.75) is 25.7 Å². The standard InChI is InChI=1S/C25H24N4O3/c1-25(2)20-12-16(32-10-9-29-8-7-27-24(29)31)4-6-18(20)22(30)13-19-17-5-3-15(14-26)11-21(17)28-23(19)25/h3-6,11-12,28H,7-10,13H2,1-2H3,(H,27,31). The lowest BCUT2D eigenvalue weighted by Crippen LogP contribution is -2.31. The Balaban J connectivity index is 1.49. The Bertz CT molecular complexity index is 1300. The lowest BCUT2D eigenvalue weighted by molar-refractivity contribution is 0.0993. The van der Waals surface area contributed by atoms with Gasteiger partial charge in [-0.2, -0.15) is 5.26 Å². The molecule has 162 valence electrons. The number of rotatable bonds is 4. The summed E-state index contributed by atoms with van der Waals surface area (Å²) < 4.78 is 5.95. The topological polar surface area (TPSA) is 98.2 Å². The van der Waals surface area contributed by atoms with E-state index in [9.17, 15) is 14.9 Å². The minimum Gasteiger partial charge on any atom is -0.492 e. The number of hydrogen-bond acceptors (Lipinski definition) is 4. The Labute approximate surface area is 186 Å². The molecule has 0 unspecified atom stereocenters. The zero-order chi connectivity index (χ0) is 22.5. The number of nitrogens with zero attached hydrogens (tertiary/aromatic N) is 2. The van der Waals surface area contributed by atoms with Gasteiger partial charge in [-0.15, -0.1) is 0 Å². The summed E-state index contributed by atoms with van der Waals surface area (Å²) in [4.78, 5) is 30.1. The Hall–Kier alpha value is -3.79. The molecule has 1 fully saturated rings. The predicted molar refractivity (Wildman–Crippen MR) is 120 cm³/mol. The Morgan fingerprint density at radius 3 is 2.78 bits per heavy atom. The van der Waals surface area contributed by atoms with Crippen LogP contribution in [0.5, 0.6) is 5.75 Å². The number of H-pyrrole nitrogens is 1. The second-order valence-electron chi connectivity index (χ2n) is 8.85. The summed E-state index contributed by atoms with van der Waals surface area (Å²) in [5.74, 6) is 0.743. The first-order valence-electron chi connectivity index (χ1n) is 10.8. The fraction of sp³-hybridized carbons (Fsp3) is 0.320. The van der Waals surface area contributed by atoms with Crippen molar-refractivity contribution in [3.05, 3.63) is 64.3 Å². The Morgan fingerprint density at radius 2 is 2.03 bits per heavy atom. The molecule has 2 amide bonds. The van der Waals surface area contributed by atoms with Crippen molar-refractivity contribution in [3.63, 3.8) is 0 Å². The maximum Gasteiger partial charge on any atom is 0.317 e. The van der Waals surface area contributed by atoms with Crippen LogP contribution in [-0.4, -0.2) is 47.9 Å². The van der Waals surface area contributed by atoms with Crippen molar-refractivity contribution >= 4 is 22.7 Å². The predicted octanol–water partition coefficient (Wildman–Crippen LogP) is 3.51. The number of urea groups is 1. The SMILES string of the molecule is CC1(C)c2cc(OCCN3CCNC3=O)ccc2C(=O)Cc2c1[nH]c1cc(C#N)ccc21. The number of ether oxygens (including phenoxy) is 1. The molecule has 0 spiro atoms. The van der Waals surface area contributed by atoms with E-state index in [0.717, 1.165) is 27.7 Å². The number of aromatic amines is 1. The summed E-state index contributed by atoms with van der Waals surface area (Å²) >= 11 is 0. The number of carbonyl (C=O) groups excluding carboxylic acids is 2. The van der Waals surface area contributed by atoms with Gasteiger partial charge in [0.1, 0.15) is 12.4 Å². The molecule has 0 saturated carbocycles. The highest BCUT2D eigenvalue weighted by molar-refractivity contribution is 6.03. The second-order valence-corrected chi connectivity index (χ2v) is 8.85. The largest absolute Gasteiger partial charge is 0.492 e. The molecule has 7 nitrogen and oxygen atoms in total. The van der Waals surface area contributed by atoms with Gasteiger partial charge in [0.15, 0.2) is 5.78 Å². The number of hydrogen-bond donors (Lipinski definition) is 2. The van der Waals surface area contributed by atoms with Crippen molar-refractivity contribution in [3.8, 4) is 11.8 Å². The van der Waals surface area contributed by atoms with Gasteiger partial charge < -0.3 is 19.9 Å². The van der Waals surface area contributed by atoms with Crippen LogP contribution < -0.4 is 10.1 Å². The molecule has 3 aromatic rings. The fourth-order valence-corrected chi connectivity index (χ4v) is 4.80. The maximum atomic E-state index is 13.2. The van der Waals surface area contributed by atoms with Gasteiger partial charge >= 0.3 is 6.03 Å². The fourth-order valence-electron chi connectivity index (χ4n) is 4.80. The first-order valence-corrected chi connectivity index (χ1v) is 10.8. The average molecular weight is 428 g/mol. The van der Waals surface area contributed by atoms with Crippen LogP contribution in [0.4, 0.5) is 4.79 Å². The third-order valence-electron chi connectivity index (χ3n) is 6.54. The third kappa shape index (κ3) is 3.19. The summed E-state index contributed by atoms with van der Waals surface area (Å²) in [6.45, 7) is 6.44. The summed E-state index contributed by atoms with van der Waals surface area (Å²) in [7, 11) is 0. The number of nitriles is 1. The summed E-state index contributed by atoms with van der Waals surface area (Å²) in [6, 6.07) is 13.3. The van der Waals surface area contributed by atoms with Gasteiger partial charge in [0.25, 0.3) is 0 Å². The minimum absolute atomic E-state index is 0.0619. The van der Waals surface area contributed by atoms with Crippen LogP contribution in [0.25, 0.3) is 10.9 Å². The molecular weight excluding hydrogens is 404 g/mol. The lowest BCUT2D eigenvalue weighted by atomic mass is 9.79. The number of fused-ring (bicyclic) bond motifs is 4. The van der Waals surface area contributed by atoms with Crippen LogP contribution >= 0.6 is 0 Å². The van der Waals surface area contributed by atoms with Gasteiger partial charge in [-0.05, 0) is 41.5 Å². The number of aromatic nitrogens is 1. The summed E-state index contributed by atoms with van der Waals surface area (Å²) in [5, 5.41) is 13.0. The molecule has 1 aliphatic heterocycles. The highest BCUT2D eigenvalue weighted by Gasteiger charge is 2.36. The highest BCUT2D eigenvalue weighted by Crippen LogP contribution is 2.42. The Morgan fingerprint density at radius 1 is 1.19 bits per heavy atom. The molecule has 1 saturated heterocycles. The van der Waals surface area contributed by atoms with Crippen LogP contribution in [0.1, 0.15) is 46.6 Å². The van der Waals surface area contributed by atoms with E-state index in [-0.39, 0.29) is 11.8 Å². The van der Waals surface area contributed by atoms with Crippen molar-refractivity contribution in [2.24, 2.45) is 0 Å². The Kier molecular flexibility index (Phi) is 4.66. The molecule has 2 aliphatic rings. The average Bonchev–Trinajstić information content (AvgIpc) is 3.34. The summed E-state index contributed by atoms with van der Waals surface area (Å²) in [6.07, 6.45) is 0.307.